The van der Waals surface area contributed by atoms with Gasteiger partial charge in [0.15, 0.2) is 11.5 Å². The van der Waals surface area contributed by atoms with E-state index in [1.54, 1.807) is 0 Å². The molecule has 1 saturated carbocycles. The summed E-state index contributed by atoms with van der Waals surface area (Å²) in [5.74, 6) is -1.27. The third kappa shape index (κ3) is 5.76. The molecule has 0 aliphatic heterocycles. The van der Waals surface area contributed by atoms with E-state index < -0.39 is 34.4 Å². The van der Waals surface area contributed by atoms with E-state index in [0.29, 0.717) is 5.75 Å². The maximum atomic E-state index is 12.9. The predicted octanol–water partition coefficient (Wildman–Crippen LogP) is 3.76. The lowest BCUT2D eigenvalue weighted by Gasteiger charge is -2.24. The lowest BCUT2D eigenvalue weighted by molar-refractivity contribution is -0.132. The molecule has 0 heterocycles. The van der Waals surface area contributed by atoms with Gasteiger partial charge >= 0.3 is 6.18 Å². The van der Waals surface area contributed by atoms with Gasteiger partial charge in [0.25, 0.3) is 5.91 Å². The minimum absolute atomic E-state index is 0.0747. The predicted molar refractivity (Wildman–Crippen MR) is 97.0 cm³/mol. The molecule has 1 aromatic rings. The van der Waals surface area contributed by atoms with Gasteiger partial charge in [-0.25, -0.2) is 12.7 Å². The number of hydrogen-bond acceptors (Lipinski definition) is 5. The Bertz CT molecular complexity index is 789. The van der Waals surface area contributed by atoms with Crippen LogP contribution in [-0.2, 0) is 10.0 Å². The minimum Gasteiger partial charge on any atom is -0.493 e. The van der Waals surface area contributed by atoms with Crippen molar-refractivity contribution in [1.29, 1.82) is 0 Å². The van der Waals surface area contributed by atoms with E-state index in [4.69, 9.17) is 9.47 Å². The molecular formula is C18H24F3NO5S. The Morgan fingerprint density at radius 2 is 1.86 bits per heavy atom. The summed E-state index contributed by atoms with van der Waals surface area (Å²) in [5, 5.41) is 0. The smallest absolute Gasteiger partial charge is 0.407 e. The highest BCUT2D eigenvalue weighted by Gasteiger charge is 2.39. The molecule has 0 N–H and O–H groups in total. The van der Waals surface area contributed by atoms with Crippen LogP contribution in [-0.4, -0.2) is 50.3 Å². The topological polar surface area (TPSA) is 72.9 Å². The molecule has 0 radical (unpaired) electrons. The first kappa shape index (κ1) is 22.3. The van der Waals surface area contributed by atoms with Gasteiger partial charge in [0, 0.05) is 5.56 Å². The van der Waals surface area contributed by atoms with Gasteiger partial charge in [-0.2, -0.15) is 13.2 Å². The lowest BCUT2D eigenvalue weighted by Crippen LogP contribution is -2.44. The fraction of sp³-hybridized carbons (Fsp3) is 0.611. The summed E-state index contributed by atoms with van der Waals surface area (Å²) in [6, 6.07) is 3.85. The molecule has 6 nitrogen and oxygen atoms in total. The number of halogens is 3. The Kier molecular flexibility index (Phi) is 7.19. The zero-order valence-electron chi connectivity index (χ0n) is 15.8. The average Bonchev–Trinajstić information content (AvgIpc) is 3.11. The molecular weight excluding hydrogens is 399 g/mol. The van der Waals surface area contributed by atoms with Crippen LogP contribution in [0.15, 0.2) is 18.2 Å². The molecule has 1 aliphatic rings. The number of alkyl halides is 3. The van der Waals surface area contributed by atoms with Crippen LogP contribution in [0, 0.1) is 0 Å². The molecule has 1 fully saturated rings. The maximum Gasteiger partial charge on any atom is 0.407 e. The molecule has 0 atom stereocenters. The van der Waals surface area contributed by atoms with Gasteiger partial charge in [0.2, 0.25) is 10.0 Å². The van der Waals surface area contributed by atoms with Crippen molar-refractivity contribution in [3.05, 3.63) is 23.8 Å². The Morgan fingerprint density at radius 3 is 2.39 bits per heavy atom. The van der Waals surface area contributed by atoms with Crippen LogP contribution in [0.3, 0.4) is 0 Å². The van der Waals surface area contributed by atoms with Gasteiger partial charge in [0.05, 0.1) is 19.0 Å². The molecule has 0 aromatic heterocycles. The van der Waals surface area contributed by atoms with Gasteiger partial charge < -0.3 is 9.47 Å². The molecule has 158 valence electrons. The van der Waals surface area contributed by atoms with Crippen molar-refractivity contribution in [2.75, 3.05) is 19.4 Å². The standard InChI is InChI=1S/C18H24F3NO5S/c1-3-10-28(24,25)22(12-18(19,20)21)17(23)13-8-9-15(26-2)16(11-13)27-14-6-4-5-7-14/h8-9,11,14H,3-7,10,12H2,1-2H3. The van der Waals surface area contributed by atoms with Gasteiger partial charge in [0.1, 0.15) is 6.54 Å². The first-order valence-electron chi connectivity index (χ1n) is 9.03. The summed E-state index contributed by atoms with van der Waals surface area (Å²) in [7, 11) is -3.01. The van der Waals surface area contributed by atoms with E-state index in [1.807, 2.05) is 0 Å². The number of benzene rings is 1. The van der Waals surface area contributed by atoms with Crippen LogP contribution >= 0.6 is 0 Å². The molecule has 2 rings (SSSR count). The minimum atomic E-state index is -4.86. The van der Waals surface area contributed by atoms with Crippen molar-refractivity contribution in [1.82, 2.24) is 4.31 Å². The van der Waals surface area contributed by atoms with E-state index in [9.17, 15) is 26.4 Å². The Morgan fingerprint density at radius 1 is 1.21 bits per heavy atom. The van der Waals surface area contributed by atoms with Gasteiger partial charge in [-0.3, -0.25) is 4.79 Å². The number of amides is 1. The Labute approximate surface area is 162 Å². The second-order valence-corrected chi connectivity index (χ2v) is 8.65. The maximum absolute atomic E-state index is 12.9. The zero-order chi connectivity index (χ0) is 20.9. The van der Waals surface area contributed by atoms with Gasteiger partial charge in [-0.05, 0) is 50.3 Å². The van der Waals surface area contributed by atoms with Crippen molar-refractivity contribution >= 4 is 15.9 Å². The molecule has 0 bridgehead atoms. The fourth-order valence-corrected chi connectivity index (χ4v) is 4.50. The summed E-state index contributed by atoms with van der Waals surface area (Å²) in [5.41, 5.74) is -0.210. The third-order valence-corrected chi connectivity index (χ3v) is 6.24. The lowest BCUT2D eigenvalue weighted by atomic mass is 10.2. The summed E-state index contributed by atoms with van der Waals surface area (Å²) in [6.45, 7) is -0.367. The zero-order valence-corrected chi connectivity index (χ0v) is 16.6. The molecule has 1 aromatic carbocycles. The highest BCUT2D eigenvalue weighted by molar-refractivity contribution is 7.89. The Hall–Kier alpha value is -1.97. The first-order valence-corrected chi connectivity index (χ1v) is 10.6. The second-order valence-electron chi connectivity index (χ2n) is 6.63. The number of ether oxygens (including phenoxy) is 2. The van der Waals surface area contributed by atoms with E-state index in [1.165, 1.54) is 32.2 Å². The van der Waals surface area contributed by atoms with Crippen LogP contribution in [0.4, 0.5) is 13.2 Å². The van der Waals surface area contributed by atoms with Crippen molar-refractivity contribution in [2.24, 2.45) is 0 Å². The fourth-order valence-electron chi connectivity index (χ4n) is 3.06. The summed E-state index contributed by atoms with van der Waals surface area (Å²) < 4.78 is 74.2. The number of rotatable bonds is 8. The van der Waals surface area contributed by atoms with Crippen LogP contribution < -0.4 is 9.47 Å². The van der Waals surface area contributed by atoms with E-state index >= 15 is 0 Å². The van der Waals surface area contributed by atoms with Crippen molar-refractivity contribution in [3.8, 4) is 11.5 Å². The van der Waals surface area contributed by atoms with Crippen LogP contribution in [0.5, 0.6) is 11.5 Å². The molecule has 28 heavy (non-hydrogen) atoms. The van der Waals surface area contributed by atoms with Crippen molar-refractivity contribution < 1.29 is 35.9 Å². The van der Waals surface area contributed by atoms with Crippen LogP contribution in [0.25, 0.3) is 0 Å². The summed E-state index contributed by atoms with van der Waals surface area (Å²) in [6.07, 6.45) is -1.19. The monoisotopic (exact) mass is 423 g/mol. The number of carbonyl (C=O) groups is 1. The number of methoxy groups -OCH3 is 1. The molecule has 0 spiro atoms. The molecule has 1 aliphatic carbocycles. The van der Waals surface area contributed by atoms with Crippen LogP contribution in [0.2, 0.25) is 0 Å². The normalized spacial score (nSPS) is 15.5. The van der Waals surface area contributed by atoms with Crippen LogP contribution in [0.1, 0.15) is 49.4 Å². The van der Waals surface area contributed by atoms with Gasteiger partial charge in [-0.1, -0.05) is 6.92 Å². The Balaban J connectivity index is 2.37. The van der Waals surface area contributed by atoms with Crippen molar-refractivity contribution in [2.45, 2.75) is 51.3 Å². The number of carbonyl (C=O) groups excluding carboxylic acids is 1. The van der Waals surface area contributed by atoms with Crippen molar-refractivity contribution in [3.63, 3.8) is 0 Å². The third-order valence-electron chi connectivity index (χ3n) is 4.35. The highest BCUT2D eigenvalue weighted by Crippen LogP contribution is 2.33. The summed E-state index contributed by atoms with van der Waals surface area (Å²) in [4.78, 5) is 12.7. The van der Waals surface area contributed by atoms with E-state index in [0.717, 1.165) is 25.7 Å². The van der Waals surface area contributed by atoms with Gasteiger partial charge in [-0.15, -0.1) is 0 Å². The number of nitrogens with zero attached hydrogens (tertiary/aromatic N) is 1. The quantitative estimate of drug-likeness (QED) is 0.637. The first-order chi connectivity index (χ1) is 13.1. The SMILES string of the molecule is CCCS(=O)(=O)N(CC(F)(F)F)C(=O)c1ccc(OC)c(OC2CCCC2)c1. The summed E-state index contributed by atoms with van der Waals surface area (Å²) >= 11 is 0. The highest BCUT2D eigenvalue weighted by atomic mass is 32.2. The molecule has 10 heteroatoms. The molecule has 0 unspecified atom stereocenters. The second kappa shape index (κ2) is 9.02. The number of sulfonamides is 1. The molecule has 1 amide bonds. The van der Waals surface area contributed by atoms with E-state index in [-0.39, 0.29) is 28.1 Å². The largest absolute Gasteiger partial charge is 0.493 e. The van der Waals surface area contributed by atoms with E-state index in [2.05, 4.69) is 0 Å². The molecule has 0 saturated heterocycles. The number of hydrogen-bond donors (Lipinski definition) is 0. The average molecular weight is 423 g/mol.